The molecule has 1 amide bonds. The molecule has 0 unspecified atom stereocenters. The molecular formula is C13H18BrNO3. The van der Waals surface area contributed by atoms with Crippen molar-refractivity contribution in [3.8, 4) is 5.75 Å². The van der Waals surface area contributed by atoms with Crippen LogP contribution in [0.25, 0.3) is 0 Å². The zero-order valence-corrected chi connectivity index (χ0v) is 12.3. The second kappa shape index (κ2) is 6.75. The first-order valence-corrected chi connectivity index (χ1v) is 6.53. The number of benzene rings is 1. The molecular weight excluding hydrogens is 298 g/mol. The first-order chi connectivity index (χ1) is 8.45. The number of hydrogen-bond donors (Lipinski definition) is 2. The number of carbonyl (C=O) groups excluding carboxylic acids is 1. The summed E-state index contributed by atoms with van der Waals surface area (Å²) < 4.78 is 5.64. The number of halogens is 1. The van der Waals surface area contributed by atoms with Crippen molar-refractivity contribution in [3.05, 3.63) is 28.2 Å². The lowest BCUT2D eigenvalue weighted by atomic mass is 10.0. The Hall–Kier alpha value is -1.07. The molecule has 4 nitrogen and oxygen atoms in total. The second-order valence-electron chi connectivity index (χ2n) is 4.45. The summed E-state index contributed by atoms with van der Waals surface area (Å²) in [6.45, 7) is 4.50. The highest BCUT2D eigenvalue weighted by atomic mass is 79.9. The summed E-state index contributed by atoms with van der Waals surface area (Å²) in [5, 5.41) is 12.4. The molecule has 0 aliphatic carbocycles. The van der Waals surface area contributed by atoms with Gasteiger partial charge in [-0.2, -0.15) is 0 Å². The Morgan fingerprint density at radius 2 is 2.17 bits per heavy atom. The normalized spacial score (nSPS) is 12.5. The van der Waals surface area contributed by atoms with E-state index in [2.05, 4.69) is 21.2 Å². The minimum Gasteiger partial charge on any atom is -0.507 e. The van der Waals surface area contributed by atoms with Gasteiger partial charge in [0, 0.05) is 12.7 Å². The van der Waals surface area contributed by atoms with Gasteiger partial charge >= 0.3 is 0 Å². The summed E-state index contributed by atoms with van der Waals surface area (Å²) in [6, 6.07) is 4.69. The highest BCUT2D eigenvalue weighted by Gasteiger charge is 2.17. The molecule has 0 spiro atoms. The molecule has 1 aromatic carbocycles. The molecule has 0 heterocycles. The van der Waals surface area contributed by atoms with Crippen LogP contribution < -0.4 is 5.32 Å². The van der Waals surface area contributed by atoms with E-state index in [4.69, 9.17) is 4.74 Å². The Morgan fingerprint density at radius 1 is 1.50 bits per heavy atom. The van der Waals surface area contributed by atoms with E-state index in [0.717, 1.165) is 0 Å². The van der Waals surface area contributed by atoms with Crippen molar-refractivity contribution in [1.82, 2.24) is 5.32 Å². The fraction of sp³-hybridized carbons (Fsp3) is 0.462. The fourth-order valence-electron chi connectivity index (χ4n) is 1.49. The number of phenolic OH excluding ortho intramolecular Hbond substituents is 1. The predicted octanol–water partition coefficient (Wildman–Crippen LogP) is 2.56. The molecule has 0 saturated heterocycles. The SMILES string of the molecule is COC[C@H](NC(=O)c1ccc(Br)c(O)c1)C(C)C. The van der Waals surface area contributed by atoms with E-state index in [0.29, 0.717) is 16.6 Å². The molecule has 5 heteroatoms. The maximum absolute atomic E-state index is 12.0. The lowest BCUT2D eigenvalue weighted by Gasteiger charge is -2.21. The van der Waals surface area contributed by atoms with Gasteiger partial charge < -0.3 is 15.2 Å². The lowest BCUT2D eigenvalue weighted by molar-refractivity contribution is 0.0866. The van der Waals surface area contributed by atoms with Crippen LogP contribution in [0.2, 0.25) is 0 Å². The van der Waals surface area contributed by atoms with Crippen LogP contribution in [0.4, 0.5) is 0 Å². The number of amides is 1. The van der Waals surface area contributed by atoms with Crippen LogP contribution in [0.3, 0.4) is 0 Å². The van der Waals surface area contributed by atoms with Gasteiger partial charge in [-0.3, -0.25) is 4.79 Å². The van der Waals surface area contributed by atoms with Gasteiger partial charge in [0.15, 0.2) is 0 Å². The summed E-state index contributed by atoms with van der Waals surface area (Å²) >= 11 is 3.18. The van der Waals surface area contributed by atoms with E-state index >= 15 is 0 Å². The van der Waals surface area contributed by atoms with Gasteiger partial charge in [-0.1, -0.05) is 13.8 Å². The summed E-state index contributed by atoms with van der Waals surface area (Å²) in [6.07, 6.45) is 0. The first-order valence-electron chi connectivity index (χ1n) is 5.74. The van der Waals surface area contributed by atoms with Crippen LogP contribution in [-0.2, 0) is 4.74 Å². The highest BCUT2D eigenvalue weighted by molar-refractivity contribution is 9.10. The predicted molar refractivity (Wildman–Crippen MR) is 73.8 cm³/mol. The van der Waals surface area contributed by atoms with Crippen LogP contribution in [0.1, 0.15) is 24.2 Å². The number of nitrogens with one attached hydrogen (secondary N) is 1. The Kier molecular flexibility index (Phi) is 5.62. The molecule has 0 fully saturated rings. The average Bonchev–Trinajstić information content (AvgIpc) is 2.31. The van der Waals surface area contributed by atoms with Gasteiger partial charge in [0.1, 0.15) is 5.75 Å². The molecule has 0 aliphatic heterocycles. The van der Waals surface area contributed by atoms with Crippen LogP contribution in [0.15, 0.2) is 22.7 Å². The number of carbonyl (C=O) groups is 1. The van der Waals surface area contributed by atoms with E-state index in [1.54, 1.807) is 19.2 Å². The Labute approximate surface area is 115 Å². The number of aromatic hydroxyl groups is 1. The Bertz CT molecular complexity index is 421. The fourth-order valence-corrected chi connectivity index (χ4v) is 1.73. The molecule has 18 heavy (non-hydrogen) atoms. The Morgan fingerprint density at radius 3 is 2.67 bits per heavy atom. The molecule has 1 rings (SSSR count). The number of hydrogen-bond acceptors (Lipinski definition) is 3. The van der Waals surface area contributed by atoms with Crippen LogP contribution in [0.5, 0.6) is 5.75 Å². The topological polar surface area (TPSA) is 58.6 Å². The average molecular weight is 316 g/mol. The van der Waals surface area contributed by atoms with Gasteiger partial charge in [0.25, 0.3) is 5.91 Å². The zero-order valence-electron chi connectivity index (χ0n) is 10.7. The monoisotopic (exact) mass is 315 g/mol. The first kappa shape index (κ1) is 15.0. The summed E-state index contributed by atoms with van der Waals surface area (Å²) in [5.74, 6) is 0.113. The van der Waals surface area contributed by atoms with E-state index in [1.165, 1.54) is 6.07 Å². The molecule has 0 radical (unpaired) electrons. The minimum atomic E-state index is -0.214. The smallest absolute Gasteiger partial charge is 0.251 e. The van der Waals surface area contributed by atoms with E-state index in [9.17, 15) is 9.90 Å². The molecule has 0 saturated carbocycles. The van der Waals surface area contributed by atoms with Crippen molar-refractivity contribution in [2.75, 3.05) is 13.7 Å². The Balaban J connectivity index is 2.77. The standard InChI is InChI=1S/C13H18BrNO3/c1-8(2)11(7-18-3)15-13(17)9-4-5-10(14)12(16)6-9/h4-6,8,11,16H,7H2,1-3H3,(H,15,17)/t11-/m0/s1. The number of methoxy groups -OCH3 is 1. The molecule has 1 atom stereocenters. The highest BCUT2D eigenvalue weighted by Crippen LogP contribution is 2.24. The van der Waals surface area contributed by atoms with E-state index in [1.807, 2.05) is 13.8 Å². The second-order valence-corrected chi connectivity index (χ2v) is 5.30. The molecule has 2 N–H and O–H groups in total. The van der Waals surface area contributed by atoms with Crippen LogP contribution in [-0.4, -0.2) is 30.8 Å². The van der Waals surface area contributed by atoms with Gasteiger partial charge in [-0.25, -0.2) is 0 Å². The third kappa shape index (κ3) is 3.99. The third-order valence-electron chi connectivity index (χ3n) is 2.68. The van der Waals surface area contributed by atoms with E-state index < -0.39 is 0 Å². The van der Waals surface area contributed by atoms with E-state index in [-0.39, 0.29) is 23.6 Å². The van der Waals surface area contributed by atoms with Crippen LogP contribution in [0, 0.1) is 5.92 Å². The van der Waals surface area contributed by atoms with Gasteiger partial charge in [-0.05, 0) is 40.0 Å². The summed E-state index contributed by atoms with van der Waals surface area (Å²) in [4.78, 5) is 12.0. The van der Waals surface area contributed by atoms with Crippen molar-refractivity contribution in [3.63, 3.8) is 0 Å². The maximum atomic E-state index is 12.0. The number of rotatable bonds is 5. The molecule has 0 aromatic heterocycles. The largest absolute Gasteiger partial charge is 0.507 e. The van der Waals surface area contributed by atoms with Crippen molar-refractivity contribution in [2.24, 2.45) is 5.92 Å². The van der Waals surface area contributed by atoms with Gasteiger partial charge in [0.2, 0.25) is 0 Å². The lowest BCUT2D eigenvalue weighted by Crippen LogP contribution is -2.41. The molecule has 1 aromatic rings. The molecule has 0 bridgehead atoms. The quantitative estimate of drug-likeness (QED) is 0.878. The van der Waals surface area contributed by atoms with Gasteiger partial charge in [-0.15, -0.1) is 0 Å². The molecule has 100 valence electrons. The maximum Gasteiger partial charge on any atom is 0.251 e. The number of phenols is 1. The third-order valence-corrected chi connectivity index (χ3v) is 3.35. The zero-order chi connectivity index (χ0) is 13.7. The van der Waals surface area contributed by atoms with Crippen molar-refractivity contribution in [1.29, 1.82) is 0 Å². The minimum absolute atomic E-state index is 0.0479. The number of ether oxygens (including phenoxy) is 1. The summed E-state index contributed by atoms with van der Waals surface area (Å²) in [7, 11) is 1.60. The van der Waals surface area contributed by atoms with Gasteiger partial charge in [0.05, 0.1) is 17.1 Å². The van der Waals surface area contributed by atoms with Crippen LogP contribution >= 0.6 is 15.9 Å². The van der Waals surface area contributed by atoms with Crippen molar-refractivity contribution < 1.29 is 14.6 Å². The molecule has 0 aliphatic rings. The summed E-state index contributed by atoms with van der Waals surface area (Å²) in [5.41, 5.74) is 0.428. The van der Waals surface area contributed by atoms with Crippen molar-refractivity contribution >= 4 is 21.8 Å². The van der Waals surface area contributed by atoms with Crippen molar-refractivity contribution in [2.45, 2.75) is 19.9 Å².